The van der Waals surface area contributed by atoms with Gasteiger partial charge < -0.3 is 47.4 Å². The summed E-state index contributed by atoms with van der Waals surface area (Å²) in [4.78, 5) is 13.1. The van der Waals surface area contributed by atoms with Gasteiger partial charge in [0.1, 0.15) is 30.5 Å². The van der Waals surface area contributed by atoms with Crippen LogP contribution < -0.4 is 9.47 Å². The lowest BCUT2D eigenvalue weighted by molar-refractivity contribution is -0.133. The van der Waals surface area contributed by atoms with E-state index in [-0.39, 0.29) is 30.8 Å². The molecule has 0 aliphatic carbocycles. The Balaban J connectivity index is 0.000000637. The Morgan fingerprint density at radius 3 is 1.89 bits per heavy atom. The number of methoxy groups -OCH3 is 7. The van der Waals surface area contributed by atoms with Crippen molar-refractivity contribution in [3.63, 3.8) is 0 Å². The molecule has 0 saturated carbocycles. The van der Waals surface area contributed by atoms with E-state index in [9.17, 15) is 9.18 Å². The minimum atomic E-state index is -0.747. The van der Waals surface area contributed by atoms with Gasteiger partial charge in [-0.1, -0.05) is 18.2 Å². The highest BCUT2D eigenvalue weighted by Crippen LogP contribution is 2.49. The van der Waals surface area contributed by atoms with E-state index < -0.39 is 36.1 Å². The fraction of sp³-hybridized carbons (Fsp3) is 0.424. The van der Waals surface area contributed by atoms with E-state index in [1.54, 1.807) is 45.6 Å². The molecule has 0 N–H and O–H groups in total. The third kappa shape index (κ3) is 9.42. The van der Waals surface area contributed by atoms with Gasteiger partial charge in [-0.3, -0.25) is 0 Å². The smallest absolute Gasteiger partial charge is 0.338 e. The van der Waals surface area contributed by atoms with Crippen molar-refractivity contribution >= 4 is 5.97 Å². The molecule has 46 heavy (non-hydrogen) atoms. The van der Waals surface area contributed by atoms with Gasteiger partial charge in [-0.05, 0) is 35.9 Å². The van der Waals surface area contributed by atoms with E-state index in [1.807, 2.05) is 0 Å². The molecule has 3 aromatic rings. The van der Waals surface area contributed by atoms with Gasteiger partial charge in [-0.25, -0.2) is 13.6 Å². The summed E-state index contributed by atoms with van der Waals surface area (Å²) in [6.45, 7) is 0.272. The molecule has 1 unspecified atom stereocenters. The van der Waals surface area contributed by atoms with E-state index in [0.29, 0.717) is 34.8 Å². The van der Waals surface area contributed by atoms with Gasteiger partial charge >= 0.3 is 5.97 Å². The number of esters is 1. The highest BCUT2D eigenvalue weighted by atomic mass is 19.1. The van der Waals surface area contributed by atoms with Crippen LogP contribution in [0.25, 0.3) is 0 Å². The first kappa shape index (κ1) is 36.8. The number of halogens is 2. The molecule has 0 fully saturated rings. The summed E-state index contributed by atoms with van der Waals surface area (Å²) in [5.74, 6) is -2.00. The summed E-state index contributed by atoms with van der Waals surface area (Å²) in [6.07, 6.45) is -1.66. The van der Waals surface area contributed by atoms with Crippen molar-refractivity contribution in [2.45, 2.75) is 24.8 Å². The molecular weight excluding hydrogens is 610 g/mol. The molecule has 3 aromatic carbocycles. The van der Waals surface area contributed by atoms with Gasteiger partial charge in [0.2, 0.25) is 0 Å². The number of carbonyl (C=O) groups excluding carboxylic acids is 1. The maximum Gasteiger partial charge on any atom is 0.338 e. The molecule has 0 aromatic heterocycles. The zero-order chi connectivity index (χ0) is 33.6. The van der Waals surface area contributed by atoms with Crippen molar-refractivity contribution in [3.05, 3.63) is 88.5 Å². The second-order valence-electron chi connectivity index (χ2n) is 9.69. The molecule has 13 heteroatoms. The molecule has 1 heterocycles. The summed E-state index contributed by atoms with van der Waals surface area (Å²) >= 11 is 0. The number of carbonyl (C=O) groups is 1. The quantitative estimate of drug-likeness (QED) is 0.124. The van der Waals surface area contributed by atoms with E-state index in [2.05, 4.69) is 0 Å². The predicted octanol–water partition coefficient (Wildman–Crippen LogP) is 5.28. The van der Waals surface area contributed by atoms with Gasteiger partial charge in [0, 0.05) is 72.9 Å². The zero-order valence-corrected chi connectivity index (χ0v) is 26.9. The minimum Gasteiger partial charge on any atom is -0.485 e. The SMILES string of the molecule is COC(COC(=O)c1ccccc1C1c2cc(F)ccc2Oc2cc(OCC(OC)OC)c(F)cc21)OC.COCC(OC)OC. The summed E-state index contributed by atoms with van der Waals surface area (Å²) in [5, 5.41) is 0. The maximum atomic E-state index is 15.3. The molecule has 0 spiro atoms. The third-order valence-electron chi connectivity index (χ3n) is 6.98. The van der Waals surface area contributed by atoms with Crippen LogP contribution in [0, 0.1) is 11.6 Å². The van der Waals surface area contributed by atoms with Gasteiger partial charge in [-0.2, -0.15) is 0 Å². The molecular formula is C33H40F2O11. The summed E-state index contributed by atoms with van der Waals surface area (Å²) < 4.78 is 81.4. The third-order valence-corrected chi connectivity index (χ3v) is 6.98. The summed E-state index contributed by atoms with van der Waals surface area (Å²) in [5.41, 5.74) is 1.51. The number of ether oxygens (including phenoxy) is 10. The zero-order valence-electron chi connectivity index (χ0n) is 26.9. The normalized spacial score (nSPS) is 13.5. The number of hydrogen-bond donors (Lipinski definition) is 0. The topological polar surface area (TPSA) is 109 Å². The van der Waals surface area contributed by atoms with Gasteiger partial charge in [-0.15, -0.1) is 0 Å². The van der Waals surface area contributed by atoms with Crippen molar-refractivity contribution in [1.29, 1.82) is 0 Å². The molecule has 4 rings (SSSR count). The second-order valence-corrected chi connectivity index (χ2v) is 9.69. The molecule has 11 nitrogen and oxygen atoms in total. The van der Waals surface area contributed by atoms with E-state index >= 15 is 4.39 Å². The molecule has 252 valence electrons. The number of hydrogen-bond acceptors (Lipinski definition) is 11. The van der Waals surface area contributed by atoms with Crippen molar-refractivity contribution in [3.8, 4) is 17.2 Å². The lowest BCUT2D eigenvalue weighted by Gasteiger charge is -2.30. The lowest BCUT2D eigenvalue weighted by Crippen LogP contribution is -2.24. The number of benzene rings is 3. The summed E-state index contributed by atoms with van der Waals surface area (Å²) in [6, 6.07) is 13.4. The molecule has 0 amide bonds. The van der Waals surface area contributed by atoms with E-state index in [1.165, 1.54) is 58.8 Å². The Kier molecular flexibility index (Phi) is 14.8. The Morgan fingerprint density at radius 2 is 1.28 bits per heavy atom. The summed E-state index contributed by atoms with van der Waals surface area (Å²) in [7, 11) is 10.5. The highest BCUT2D eigenvalue weighted by Gasteiger charge is 2.33. The molecule has 1 aliphatic heterocycles. The fourth-order valence-electron chi connectivity index (χ4n) is 4.58. The molecule has 0 saturated heterocycles. The highest BCUT2D eigenvalue weighted by molar-refractivity contribution is 5.92. The monoisotopic (exact) mass is 650 g/mol. The first-order valence-corrected chi connectivity index (χ1v) is 14.1. The van der Waals surface area contributed by atoms with Crippen LogP contribution in [-0.4, -0.2) is 94.4 Å². The van der Waals surface area contributed by atoms with Crippen LogP contribution in [0.15, 0.2) is 54.6 Å². The van der Waals surface area contributed by atoms with Crippen LogP contribution in [0.1, 0.15) is 33.0 Å². The van der Waals surface area contributed by atoms with Crippen LogP contribution in [0.4, 0.5) is 8.78 Å². The standard InChI is InChI=1S/C28H28F2O8.C5H12O3/c1-32-25(33-2)14-36-24-13-23-20(12-21(24)30)27(19-11-16(29)9-10-22(19)38-23)17-7-5-6-8-18(17)28(31)37-15-26(34-3)35-4;1-6-4-5(7-2)8-3/h5-13,25-27H,14-15H2,1-4H3;5H,4H2,1-3H3. The van der Waals surface area contributed by atoms with Crippen molar-refractivity contribution in [2.75, 3.05) is 69.6 Å². The van der Waals surface area contributed by atoms with Crippen LogP contribution in [-0.2, 0) is 37.9 Å². The van der Waals surface area contributed by atoms with Crippen molar-refractivity contribution in [2.24, 2.45) is 0 Å². The molecule has 0 bridgehead atoms. The minimum absolute atomic E-state index is 0.0629. The number of rotatable bonds is 15. The first-order chi connectivity index (χ1) is 22.2. The van der Waals surface area contributed by atoms with Crippen LogP contribution in [0.3, 0.4) is 0 Å². The van der Waals surface area contributed by atoms with Crippen LogP contribution in [0.5, 0.6) is 17.2 Å². The molecule has 0 radical (unpaired) electrons. The Morgan fingerprint density at radius 1 is 0.696 bits per heavy atom. The van der Waals surface area contributed by atoms with Crippen LogP contribution in [0.2, 0.25) is 0 Å². The Hall–Kier alpha value is -3.69. The van der Waals surface area contributed by atoms with E-state index in [4.69, 9.17) is 47.4 Å². The van der Waals surface area contributed by atoms with Crippen molar-refractivity contribution < 1.29 is 60.9 Å². The average Bonchev–Trinajstić information content (AvgIpc) is 3.07. The Bertz CT molecular complexity index is 1390. The fourth-order valence-corrected chi connectivity index (χ4v) is 4.58. The van der Waals surface area contributed by atoms with E-state index in [0.717, 1.165) is 0 Å². The van der Waals surface area contributed by atoms with Crippen molar-refractivity contribution in [1.82, 2.24) is 0 Å². The van der Waals surface area contributed by atoms with Crippen LogP contribution >= 0.6 is 0 Å². The van der Waals surface area contributed by atoms with Gasteiger partial charge in [0.25, 0.3) is 0 Å². The van der Waals surface area contributed by atoms with Gasteiger partial charge in [0.15, 0.2) is 30.4 Å². The second kappa shape index (κ2) is 18.5. The maximum absolute atomic E-state index is 15.3. The lowest BCUT2D eigenvalue weighted by atomic mass is 9.80. The number of fused-ring (bicyclic) bond motifs is 2. The largest absolute Gasteiger partial charge is 0.485 e. The molecule has 1 atom stereocenters. The first-order valence-electron chi connectivity index (χ1n) is 14.1. The Labute approximate surface area is 267 Å². The molecule has 1 aliphatic rings. The average molecular weight is 651 g/mol. The predicted molar refractivity (Wildman–Crippen MR) is 161 cm³/mol. The van der Waals surface area contributed by atoms with Gasteiger partial charge in [0.05, 0.1) is 12.2 Å².